The molecule has 1 unspecified atom stereocenters. The van der Waals surface area contributed by atoms with Crippen LogP contribution in [0.25, 0.3) is 33.3 Å². The number of anilines is 1. The van der Waals surface area contributed by atoms with Gasteiger partial charge in [0.15, 0.2) is 0 Å². The van der Waals surface area contributed by atoms with Crippen LogP contribution >= 0.6 is 0 Å². The molecule has 0 saturated carbocycles. The number of urea groups is 1. The number of rotatable bonds is 6. The lowest BCUT2D eigenvalue weighted by molar-refractivity contribution is 0.168. The molecule has 3 aromatic carbocycles. The minimum Gasteiger partial charge on any atom is -0.391 e. The Hall–Kier alpha value is -3.70. The van der Waals surface area contributed by atoms with Crippen LogP contribution in [-0.4, -0.2) is 28.8 Å². The van der Waals surface area contributed by atoms with E-state index >= 15 is 0 Å². The molecule has 3 N–H and O–H groups in total. The number of pyridine rings is 1. The van der Waals surface area contributed by atoms with E-state index < -0.39 is 6.10 Å². The van der Waals surface area contributed by atoms with E-state index in [1.165, 1.54) is 0 Å². The van der Waals surface area contributed by atoms with E-state index in [0.29, 0.717) is 12.1 Å². The molecular weight excluding hydrogens is 386 g/mol. The Labute approximate surface area is 181 Å². The second-order valence-electron chi connectivity index (χ2n) is 7.42. The number of benzene rings is 3. The van der Waals surface area contributed by atoms with E-state index in [1.54, 1.807) is 0 Å². The van der Waals surface area contributed by atoms with Crippen molar-refractivity contribution in [3.8, 4) is 22.4 Å². The third-order valence-corrected chi connectivity index (χ3v) is 5.17. The average molecular weight is 412 g/mol. The van der Waals surface area contributed by atoms with Crippen LogP contribution in [0.2, 0.25) is 0 Å². The molecule has 31 heavy (non-hydrogen) atoms. The first kappa shape index (κ1) is 20.6. The third kappa shape index (κ3) is 4.90. The number of nitrogens with one attached hydrogen (secondary N) is 2. The predicted molar refractivity (Wildman–Crippen MR) is 126 cm³/mol. The molecule has 0 aliphatic heterocycles. The number of aromatic nitrogens is 1. The second-order valence-corrected chi connectivity index (χ2v) is 7.42. The summed E-state index contributed by atoms with van der Waals surface area (Å²) in [5.74, 6) is 0. The SMILES string of the molecule is CCC(O)CNC(=O)Nc1ccc2nc(-c3ccccc3)c(-c3ccccc3)cc2c1. The Bertz CT molecular complexity index is 1180. The van der Waals surface area contributed by atoms with Crippen molar-refractivity contribution in [3.63, 3.8) is 0 Å². The quantitative estimate of drug-likeness (QED) is 0.394. The normalized spacial score (nSPS) is 11.8. The van der Waals surface area contributed by atoms with Gasteiger partial charge in [-0.2, -0.15) is 0 Å². The first-order valence-electron chi connectivity index (χ1n) is 10.4. The number of carbonyl (C=O) groups is 1. The van der Waals surface area contributed by atoms with Crippen LogP contribution in [0, 0.1) is 0 Å². The van der Waals surface area contributed by atoms with Crippen molar-refractivity contribution in [1.29, 1.82) is 0 Å². The molecule has 0 aliphatic rings. The van der Waals surface area contributed by atoms with Crippen LogP contribution in [0.3, 0.4) is 0 Å². The van der Waals surface area contributed by atoms with Crippen LogP contribution in [0.4, 0.5) is 10.5 Å². The number of aliphatic hydroxyl groups is 1. The summed E-state index contributed by atoms with van der Waals surface area (Å²) in [5, 5.41) is 16.1. The third-order valence-electron chi connectivity index (χ3n) is 5.17. The molecule has 0 saturated heterocycles. The fourth-order valence-corrected chi connectivity index (χ4v) is 3.44. The summed E-state index contributed by atoms with van der Waals surface area (Å²) >= 11 is 0. The highest BCUT2D eigenvalue weighted by Gasteiger charge is 2.12. The molecule has 156 valence electrons. The summed E-state index contributed by atoms with van der Waals surface area (Å²) in [6.07, 6.45) is 0.0462. The Kier molecular flexibility index (Phi) is 6.24. The average Bonchev–Trinajstić information content (AvgIpc) is 2.82. The molecule has 4 aromatic rings. The summed E-state index contributed by atoms with van der Waals surface area (Å²) < 4.78 is 0. The lowest BCUT2D eigenvalue weighted by Crippen LogP contribution is -2.34. The van der Waals surface area contributed by atoms with E-state index in [4.69, 9.17) is 4.98 Å². The number of fused-ring (bicyclic) bond motifs is 1. The van der Waals surface area contributed by atoms with Gasteiger partial charge in [-0.1, -0.05) is 67.6 Å². The van der Waals surface area contributed by atoms with Crippen LogP contribution in [0.5, 0.6) is 0 Å². The van der Waals surface area contributed by atoms with E-state index in [2.05, 4.69) is 41.0 Å². The van der Waals surface area contributed by atoms with Crippen molar-refractivity contribution in [3.05, 3.63) is 84.9 Å². The van der Waals surface area contributed by atoms with Gasteiger partial charge in [-0.05, 0) is 36.2 Å². The maximum absolute atomic E-state index is 12.1. The van der Waals surface area contributed by atoms with Crippen molar-refractivity contribution in [2.24, 2.45) is 0 Å². The maximum atomic E-state index is 12.1. The molecule has 5 heteroatoms. The highest BCUT2D eigenvalue weighted by atomic mass is 16.3. The topological polar surface area (TPSA) is 74.2 Å². The van der Waals surface area contributed by atoms with E-state index in [0.717, 1.165) is 33.3 Å². The summed E-state index contributed by atoms with van der Waals surface area (Å²) in [6, 6.07) is 27.7. The van der Waals surface area contributed by atoms with Crippen LogP contribution < -0.4 is 10.6 Å². The standard InChI is InChI=1S/C26H25N3O2/c1-2-22(30)17-27-26(31)28-21-13-14-24-20(15-21)16-23(18-9-5-3-6-10-18)25(29-24)19-11-7-4-8-12-19/h3-16,22,30H,2,17H2,1H3,(H2,27,28,31). The number of amides is 2. The first-order valence-corrected chi connectivity index (χ1v) is 10.4. The van der Waals surface area contributed by atoms with Crippen molar-refractivity contribution >= 4 is 22.6 Å². The Morgan fingerprint density at radius 1 is 0.935 bits per heavy atom. The van der Waals surface area contributed by atoms with Crippen LogP contribution in [0.15, 0.2) is 84.9 Å². The van der Waals surface area contributed by atoms with Crippen molar-refractivity contribution in [2.45, 2.75) is 19.4 Å². The molecule has 0 spiro atoms. The molecular formula is C26H25N3O2. The van der Waals surface area contributed by atoms with E-state index in [1.807, 2.05) is 61.5 Å². The number of nitrogens with zero attached hydrogens (tertiary/aromatic N) is 1. The number of hydrogen-bond donors (Lipinski definition) is 3. The lowest BCUT2D eigenvalue weighted by Gasteiger charge is -2.13. The first-order chi connectivity index (χ1) is 15.1. The second kappa shape index (κ2) is 9.41. The predicted octanol–water partition coefficient (Wildman–Crippen LogP) is 5.46. The lowest BCUT2D eigenvalue weighted by atomic mass is 9.97. The van der Waals surface area contributed by atoms with Gasteiger partial charge in [0.25, 0.3) is 0 Å². The molecule has 0 radical (unpaired) electrons. The molecule has 0 fully saturated rings. The van der Waals surface area contributed by atoms with Gasteiger partial charge in [-0.3, -0.25) is 0 Å². The molecule has 1 heterocycles. The van der Waals surface area contributed by atoms with Crippen LogP contribution in [0.1, 0.15) is 13.3 Å². The summed E-state index contributed by atoms with van der Waals surface area (Å²) in [6.45, 7) is 2.09. The number of aliphatic hydroxyl groups excluding tert-OH is 1. The smallest absolute Gasteiger partial charge is 0.319 e. The van der Waals surface area contributed by atoms with Crippen molar-refractivity contribution in [1.82, 2.24) is 10.3 Å². The van der Waals surface area contributed by atoms with Gasteiger partial charge in [0.05, 0.1) is 17.3 Å². The highest BCUT2D eigenvalue weighted by Crippen LogP contribution is 2.34. The Morgan fingerprint density at radius 3 is 2.29 bits per heavy atom. The summed E-state index contributed by atoms with van der Waals surface area (Å²) in [5.41, 5.74) is 5.62. The van der Waals surface area contributed by atoms with Gasteiger partial charge in [-0.15, -0.1) is 0 Å². The molecule has 2 amide bonds. The highest BCUT2D eigenvalue weighted by molar-refractivity contribution is 5.96. The Morgan fingerprint density at radius 2 is 1.61 bits per heavy atom. The Balaban J connectivity index is 1.70. The molecule has 0 aliphatic carbocycles. The van der Waals surface area contributed by atoms with E-state index in [9.17, 15) is 9.90 Å². The largest absolute Gasteiger partial charge is 0.391 e. The number of hydrogen-bond acceptors (Lipinski definition) is 3. The van der Waals surface area contributed by atoms with Gasteiger partial charge < -0.3 is 15.7 Å². The van der Waals surface area contributed by atoms with Crippen molar-refractivity contribution in [2.75, 3.05) is 11.9 Å². The van der Waals surface area contributed by atoms with Gasteiger partial charge in [0, 0.05) is 28.7 Å². The monoisotopic (exact) mass is 411 g/mol. The fraction of sp³-hybridized carbons (Fsp3) is 0.154. The zero-order valence-corrected chi connectivity index (χ0v) is 17.4. The van der Waals surface area contributed by atoms with Crippen molar-refractivity contribution < 1.29 is 9.90 Å². The fourth-order valence-electron chi connectivity index (χ4n) is 3.44. The molecule has 5 nitrogen and oxygen atoms in total. The molecule has 1 atom stereocenters. The maximum Gasteiger partial charge on any atom is 0.319 e. The number of carbonyl (C=O) groups excluding carboxylic acids is 1. The van der Waals surface area contributed by atoms with Gasteiger partial charge in [0.2, 0.25) is 0 Å². The van der Waals surface area contributed by atoms with Gasteiger partial charge in [-0.25, -0.2) is 9.78 Å². The van der Waals surface area contributed by atoms with Gasteiger partial charge >= 0.3 is 6.03 Å². The van der Waals surface area contributed by atoms with Gasteiger partial charge in [0.1, 0.15) is 0 Å². The minimum absolute atomic E-state index is 0.218. The molecule has 4 rings (SSSR count). The van der Waals surface area contributed by atoms with E-state index in [-0.39, 0.29) is 12.6 Å². The summed E-state index contributed by atoms with van der Waals surface area (Å²) in [7, 11) is 0. The zero-order valence-electron chi connectivity index (χ0n) is 17.4. The van der Waals surface area contributed by atoms with Crippen LogP contribution in [-0.2, 0) is 0 Å². The zero-order chi connectivity index (χ0) is 21.6. The molecule has 0 bridgehead atoms. The minimum atomic E-state index is -0.545. The summed E-state index contributed by atoms with van der Waals surface area (Å²) in [4.78, 5) is 17.1. The molecule has 1 aromatic heterocycles.